The van der Waals surface area contributed by atoms with Gasteiger partial charge in [0.1, 0.15) is 17.7 Å². The zero-order valence-corrected chi connectivity index (χ0v) is 8.67. The Kier molecular flexibility index (Phi) is 3.78. The maximum absolute atomic E-state index is 13.3. The van der Waals surface area contributed by atoms with E-state index in [1.807, 2.05) is 0 Å². The molecule has 0 bridgehead atoms. The van der Waals surface area contributed by atoms with E-state index in [1.165, 1.54) is 0 Å². The lowest BCUT2D eigenvalue weighted by molar-refractivity contribution is -0.142. The molecular formula is C10H12F2N2O2. The molecule has 0 aliphatic rings. The van der Waals surface area contributed by atoms with Gasteiger partial charge < -0.3 is 16.2 Å². The summed E-state index contributed by atoms with van der Waals surface area (Å²) in [4.78, 5) is 11.0. The molecule has 0 saturated heterocycles. The van der Waals surface area contributed by atoms with E-state index in [0.29, 0.717) is 0 Å². The van der Waals surface area contributed by atoms with Crippen LogP contribution in [-0.2, 0) is 16.0 Å². The Morgan fingerprint density at radius 2 is 1.94 bits per heavy atom. The number of hydrogen-bond donors (Lipinski definition) is 2. The van der Waals surface area contributed by atoms with Crippen molar-refractivity contribution in [1.82, 2.24) is 0 Å². The molecule has 0 spiro atoms. The summed E-state index contributed by atoms with van der Waals surface area (Å²) in [6.07, 6.45) is -0.273. The van der Waals surface area contributed by atoms with Crippen LogP contribution in [0, 0.1) is 11.6 Å². The minimum Gasteiger partial charge on any atom is -0.468 e. The Hall–Kier alpha value is -1.69. The Balaban J connectivity index is 2.93. The molecule has 1 rings (SSSR count). The van der Waals surface area contributed by atoms with Crippen molar-refractivity contribution in [3.05, 3.63) is 29.3 Å². The molecule has 0 saturated carbocycles. The Morgan fingerprint density at radius 3 is 2.38 bits per heavy atom. The molecule has 0 heterocycles. The number of nitrogens with two attached hydrogens (primary N) is 2. The monoisotopic (exact) mass is 230 g/mol. The van der Waals surface area contributed by atoms with Crippen LogP contribution in [0.1, 0.15) is 5.56 Å². The first-order chi connectivity index (χ1) is 7.45. The number of carbonyl (C=O) groups excluding carboxylic acids is 1. The van der Waals surface area contributed by atoms with Crippen molar-refractivity contribution in [1.29, 1.82) is 0 Å². The molecule has 0 aliphatic heterocycles. The smallest absolute Gasteiger partial charge is 0.322 e. The first-order valence-electron chi connectivity index (χ1n) is 4.52. The van der Waals surface area contributed by atoms with Gasteiger partial charge in [0, 0.05) is 17.7 Å². The number of hydrogen-bond acceptors (Lipinski definition) is 4. The van der Waals surface area contributed by atoms with Crippen LogP contribution in [0.25, 0.3) is 0 Å². The molecule has 0 aliphatic carbocycles. The summed E-state index contributed by atoms with van der Waals surface area (Å²) in [5, 5.41) is 0. The highest BCUT2D eigenvalue weighted by atomic mass is 19.1. The van der Waals surface area contributed by atoms with Gasteiger partial charge in [-0.25, -0.2) is 8.78 Å². The molecule has 1 aromatic carbocycles. The Labute approximate surface area is 91.2 Å². The van der Waals surface area contributed by atoms with E-state index in [1.54, 1.807) is 0 Å². The van der Waals surface area contributed by atoms with Crippen molar-refractivity contribution in [2.45, 2.75) is 12.5 Å². The molecular weight excluding hydrogens is 218 g/mol. The highest BCUT2D eigenvalue weighted by Crippen LogP contribution is 2.18. The van der Waals surface area contributed by atoms with Gasteiger partial charge in [-0.05, 0) is 12.1 Å². The van der Waals surface area contributed by atoms with Crippen LogP contribution in [0.3, 0.4) is 0 Å². The van der Waals surface area contributed by atoms with E-state index < -0.39 is 23.6 Å². The van der Waals surface area contributed by atoms with E-state index in [4.69, 9.17) is 11.5 Å². The standard InChI is InChI=1S/C10H12F2N2O2/c1-16-10(15)9(14)4-6-7(11)2-5(13)3-8(6)12/h2-3,9H,4,13-14H2,1H3/t9-/m0/s1. The van der Waals surface area contributed by atoms with Gasteiger partial charge >= 0.3 is 5.97 Å². The first kappa shape index (κ1) is 12.4. The summed E-state index contributed by atoms with van der Waals surface area (Å²) in [5.74, 6) is -2.37. The second-order valence-electron chi connectivity index (χ2n) is 3.30. The normalized spacial score (nSPS) is 12.2. The number of benzene rings is 1. The van der Waals surface area contributed by atoms with Crippen LogP contribution >= 0.6 is 0 Å². The van der Waals surface area contributed by atoms with Crippen molar-refractivity contribution in [3.63, 3.8) is 0 Å². The number of anilines is 1. The molecule has 4 nitrogen and oxygen atoms in total. The van der Waals surface area contributed by atoms with Gasteiger partial charge in [-0.15, -0.1) is 0 Å². The van der Waals surface area contributed by atoms with Gasteiger partial charge in [0.25, 0.3) is 0 Å². The zero-order chi connectivity index (χ0) is 12.3. The van der Waals surface area contributed by atoms with Gasteiger partial charge in [-0.3, -0.25) is 4.79 Å². The molecule has 1 atom stereocenters. The SMILES string of the molecule is COC(=O)[C@@H](N)Cc1c(F)cc(N)cc1F. The highest BCUT2D eigenvalue weighted by molar-refractivity contribution is 5.75. The van der Waals surface area contributed by atoms with Crippen LogP contribution in [0.4, 0.5) is 14.5 Å². The quantitative estimate of drug-likeness (QED) is 0.588. The fourth-order valence-corrected chi connectivity index (χ4v) is 1.27. The molecule has 88 valence electrons. The third kappa shape index (κ3) is 2.66. The molecule has 0 fully saturated rings. The molecule has 6 heteroatoms. The minimum atomic E-state index is -1.10. The summed E-state index contributed by atoms with van der Waals surface area (Å²) in [6.45, 7) is 0. The molecule has 16 heavy (non-hydrogen) atoms. The second kappa shape index (κ2) is 4.89. The van der Waals surface area contributed by atoms with Crippen molar-refractivity contribution in [2.24, 2.45) is 5.73 Å². The molecule has 0 unspecified atom stereocenters. The van der Waals surface area contributed by atoms with Crippen LogP contribution in [0.15, 0.2) is 12.1 Å². The molecule has 4 N–H and O–H groups in total. The molecule has 1 aromatic rings. The average molecular weight is 230 g/mol. The third-order valence-corrected chi connectivity index (χ3v) is 2.09. The molecule has 0 aromatic heterocycles. The highest BCUT2D eigenvalue weighted by Gasteiger charge is 2.19. The first-order valence-corrected chi connectivity index (χ1v) is 4.52. The summed E-state index contributed by atoms with van der Waals surface area (Å²) in [6, 6.07) is 0.850. The minimum absolute atomic E-state index is 0.0228. The second-order valence-corrected chi connectivity index (χ2v) is 3.30. The number of rotatable bonds is 3. The van der Waals surface area contributed by atoms with Gasteiger partial charge in [0.2, 0.25) is 0 Å². The fourth-order valence-electron chi connectivity index (χ4n) is 1.27. The number of esters is 1. The lowest BCUT2D eigenvalue weighted by Gasteiger charge is -2.11. The van der Waals surface area contributed by atoms with Gasteiger partial charge in [0.05, 0.1) is 7.11 Å². The van der Waals surface area contributed by atoms with Gasteiger partial charge in [-0.1, -0.05) is 0 Å². The molecule has 0 radical (unpaired) electrons. The Bertz CT molecular complexity index is 387. The average Bonchev–Trinajstić information content (AvgIpc) is 2.21. The lowest BCUT2D eigenvalue weighted by Crippen LogP contribution is -2.34. The zero-order valence-electron chi connectivity index (χ0n) is 8.67. The summed E-state index contributed by atoms with van der Waals surface area (Å²) in [5.41, 5.74) is 10.3. The third-order valence-electron chi connectivity index (χ3n) is 2.09. The number of halogens is 2. The van der Waals surface area contributed by atoms with E-state index in [-0.39, 0.29) is 17.7 Å². The maximum atomic E-state index is 13.3. The number of carbonyl (C=O) groups is 1. The van der Waals surface area contributed by atoms with E-state index in [9.17, 15) is 13.6 Å². The largest absolute Gasteiger partial charge is 0.468 e. The molecule has 0 amide bonds. The summed E-state index contributed by atoms with van der Waals surface area (Å²) >= 11 is 0. The predicted molar refractivity (Wildman–Crippen MR) is 54.5 cm³/mol. The number of nitrogen functional groups attached to an aromatic ring is 1. The van der Waals surface area contributed by atoms with Gasteiger partial charge in [-0.2, -0.15) is 0 Å². The van der Waals surface area contributed by atoms with Crippen molar-refractivity contribution in [3.8, 4) is 0 Å². The summed E-state index contributed by atoms with van der Waals surface area (Å²) < 4.78 is 31.0. The van der Waals surface area contributed by atoms with Crippen LogP contribution in [0.5, 0.6) is 0 Å². The fraction of sp³-hybridized carbons (Fsp3) is 0.300. The van der Waals surface area contributed by atoms with Crippen LogP contribution in [0.2, 0.25) is 0 Å². The van der Waals surface area contributed by atoms with Crippen molar-refractivity contribution in [2.75, 3.05) is 12.8 Å². The van der Waals surface area contributed by atoms with Crippen LogP contribution < -0.4 is 11.5 Å². The van der Waals surface area contributed by atoms with E-state index in [2.05, 4.69) is 4.74 Å². The van der Waals surface area contributed by atoms with Crippen molar-refractivity contribution >= 4 is 11.7 Å². The number of ether oxygens (including phenoxy) is 1. The number of methoxy groups -OCH3 is 1. The van der Waals surface area contributed by atoms with Crippen molar-refractivity contribution < 1.29 is 18.3 Å². The van der Waals surface area contributed by atoms with Gasteiger partial charge in [0.15, 0.2) is 0 Å². The maximum Gasteiger partial charge on any atom is 0.322 e. The topological polar surface area (TPSA) is 78.3 Å². The Morgan fingerprint density at radius 1 is 1.44 bits per heavy atom. The van der Waals surface area contributed by atoms with E-state index in [0.717, 1.165) is 19.2 Å². The van der Waals surface area contributed by atoms with E-state index >= 15 is 0 Å². The van der Waals surface area contributed by atoms with Crippen LogP contribution in [-0.4, -0.2) is 19.1 Å². The summed E-state index contributed by atoms with van der Waals surface area (Å²) in [7, 11) is 1.15. The lowest BCUT2D eigenvalue weighted by atomic mass is 10.0. The predicted octanol–water partition coefficient (Wildman–Crippen LogP) is 0.590.